The molecule has 1 fully saturated rings. The number of nitrogens with two attached hydrogens (primary N) is 1. The first-order valence-corrected chi connectivity index (χ1v) is 13.1. The molecule has 1 aromatic heterocycles. The van der Waals surface area contributed by atoms with E-state index in [1.165, 1.54) is 24.3 Å². The molecule has 1 unspecified atom stereocenters. The summed E-state index contributed by atoms with van der Waals surface area (Å²) < 4.78 is 0. The van der Waals surface area contributed by atoms with Crippen LogP contribution in [0.5, 0.6) is 0 Å². The number of aromatic nitrogens is 1. The van der Waals surface area contributed by atoms with Crippen LogP contribution in [0.4, 0.5) is 5.13 Å². The number of aliphatic carboxylic acids is 1. The van der Waals surface area contributed by atoms with Crippen LogP contribution in [-0.4, -0.2) is 91.4 Å². The van der Waals surface area contributed by atoms with Crippen molar-refractivity contribution in [1.29, 1.82) is 0 Å². The Kier molecular flexibility index (Phi) is 7.32. The van der Waals surface area contributed by atoms with Crippen LogP contribution in [0.15, 0.2) is 26.8 Å². The van der Waals surface area contributed by atoms with Gasteiger partial charge in [-0.3, -0.25) is 24.1 Å². The van der Waals surface area contributed by atoms with Gasteiger partial charge >= 0.3 is 17.8 Å². The van der Waals surface area contributed by atoms with Crippen molar-refractivity contribution in [3.05, 3.63) is 22.3 Å². The Balaban J connectivity index is 1.48. The predicted molar refractivity (Wildman–Crippen MR) is 132 cm³/mol. The molecule has 4 heterocycles. The number of carbonyl (C=O) groups is 5. The molecule has 3 aliphatic heterocycles. The van der Waals surface area contributed by atoms with Gasteiger partial charge < -0.3 is 26.3 Å². The number of anilines is 1. The molecule has 5 N–H and O–H groups in total. The molecule has 190 valence electrons. The SMILES string of the molecule is CO/N=C(\C(=O)N[C@@H]1C(=O)N2C(C(=O)O)=C(CSC3=NC(=O)C(=O)NC3C)CS[C@H]12)c1csc(N)n1. The second-order valence-corrected chi connectivity index (χ2v) is 10.5. The number of thioether (sulfide) groups is 2. The zero-order valence-corrected chi connectivity index (χ0v) is 21.2. The molecule has 0 bridgehead atoms. The Labute approximate surface area is 215 Å². The second kappa shape index (κ2) is 10.3. The van der Waals surface area contributed by atoms with Crippen molar-refractivity contribution in [1.82, 2.24) is 20.5 Å². The van der Waals surface area contributed by atoms with Crippen molar-refractivity contribution in [3.63, 3.8) is 0 Å². The number of hydrogen-bond acceptors (Lipinski definition) is 12. The number of amides is 4. The normalized spacial score (nSPS) is 24.0. The van der Waals surface area contributed by atoms with E-state index in [9.17, 15) is 29.1 Å². The summed E-state index contributed by atoms with van der Waals surface area (Å²) in [5, 5.41) is 20.0. The van der Waals surface area contributed by atoms with Gasteiger partial charge in [0.1, 0.15) is 35.0 Å². The fourth-order valence-electron chi connectivity index (χ4n) is 3.58. The molecule has 0 spiro atoms. The number of oxime groups is 1. The van der Waals surface area contributed by atoms with Gasteiger partial charge in [-0.05, 0) is 12.5 Å². The van der Waals surface area contributed by atoms with E-state index in [-0.39, 0.29) is 33.7 Å². The van der Waals surface area contributed by atoms with Crippen LogP contribution >= 0.6 is 34.9 Å². The van der Waals surface area contributed by atoms with E-state index in [2.05, 4.69) is 25.8 Å². The third kappa shape index (κ3) is 4.80. The van der Waals surface area contributed by atoms with E-state index in [4.69, 9.17) is 10.6 Å². The van der Waals surface area contributed by atoms with E-state index >= 15 is 0 Å². The van der Waals surface area contributed by atoms with Crippen molar-refractivity contribution in [2.45, 2.75) is 24.4 Å². The molecule has 1 saturated heterocycles. The van der Waals surface area contributed by atoms with Crippen molar-refractivity contribution in [2.24, 2.45) is 10.1 Å². The third-order valence-corrected chi connectivity index (χ3v) is 8.46. The molecule has 0 aromatic carbocycles. The topological polar surface area (TPSA) is 206 Å². The monoisotopic (exact) mass is 553 g/mol. The summed E-state index contributed by atoms with van der Waals surface area (Å²) in [5.41, 5.74) is 5.89. The number of carbonyl (C=O) groups excluding carboxylic acids is 4. The summed E-state index contributed by atoms with van der Waals surface area (Å²) in [6.07, 6.45) is 0. The van der Waals surface area contributed by atoms with Crippen LogP contribution in [-0.2, 0) is 28.8 Å². The average molecular weight is 554 g/mol. The van der Waals surface area contributed by atoms with Gasteiger partial charge in [0.25, 0.3) is 11.8 Å². The molecule has 17 heteroatoms. The largest absolute Gasteiger partial charge is 0.477 e. The van der Waals surface area contributed by atoms with Gasteiger partial charge in [-0.25, -0.2) is 14.8 Å². The summed E-state index contributed by atoms with van der Waals surface area (Å²) in [6.45, 7) is 1.65. The zero-order chi connectivity index (χ0) is 26.1. The Hall–Kier alpha value is -3.44. The highest BCUT2D eigenvalue weighted by atomic mass is 32.2. The molecule has 1 aromatic rings. The van der Waals surface area contributed by atoms with Gasteiger partial charge in [-0.1, -0.05) is 5.16 Å². The standard InChI is InChI=1S/C19H19N7O7S3/c1-6-15(24-14(29)13(28)21-6)34-3-7-4-35-17-10(16(30)26(17)11(7)18(31)32)23-12(27)9(25-33-2)8-5-36-19(20)22-8/h5-6,10,17H,3-4H2,1-2H3,(H2,20,22)(H,21,28)(H,23,27)(H,31,32)/b25-9-/t6?,10-,17-/m1/s1. The maximum Gasteiger partial charge on any atom is 0.352 e. The lowest BCUT2D eigenvalue weighted by molar-refractivity contribution is -0.150. The minimum Gasteiger partial charge on any atom is -0.477 e. The van der Waals surface area contributed by atoms with Crippen LogP contribution in [0.25, 0.3) is 0 Å². The smallest absolute Gasteiger partial charge is 0.352 e. The number of thiazole rings is 1. The number of hydrogen-bond donors (Lipinski definition) is 4. The minimum absolute atomic E-state index is 0.143. The fourth-order valence-corrected chi connectivity index (χ4v) is 6.62. The predicted octanol–water partition coefficient (Wildman–Crippen LogP) is -1.01. The van der Waals surface area contributed by atoms with Gasteiger partial charge in [0, 0.05) is 16.9 Å². The molecule has 4 amide bonds. The quantitative estimate of drug-likeness (QED) is 0.139. The molecule has 14 nitrogen and oxygen atoms in total. The van der Waals surface area contributed by atoms with E-state index in [1.54, 1.807) is 6.92 Å². The molecule has 0 aliphatic carbocycles. The number of β-lactam (4-membered cyclic amide) rings is 1. The number of aliphatic imine (C=N–C) groups is 1. The highest BCUT2D eigenvalue weighted by Gasteiger charge is 2.54. The summed E-state index contributed by atoms with van der Waals surface area (Å²) in [5.74, 6) is -3.93. The first-order chi connectivity index (χ1) is 17.1. The lowest BCUT2D eigenvalue weighted by Gasteiger charge is -2.49. The number of nitrogens with zero attached hydrogens (tertiary/aromatic N) is 4. The summed E-state index contributed by atoms with van der Waals surface area (Å²) in [4.78, 5) is 74.4. The van der Waals surface area contributed by atoms with E-state index in [0.717, 1.165) is 28.0 Å². The van der Waals surface area contributed by atoms with Gasteiger partial charge in [-0.2, -0.15) is 0 Å². The van der Waals surface area contributed by atoms with Crippen molar-refractivity contribution >= 4 is 80.3 Å². The highest BCUT2D eigenvalue weighted by Crippen LogP contribution is 2.41. The van der Waals surface area contributed by atoms with Gasteiger partial charge in [0.2, 0.25) is 0 Å². The molecular formula is C19H19N7O7S3. The number of fused-ring (bicyclic) bond motifs is 1. The number of carboxylic acids is 1. The Morgan fingerprint density at radius 3 is 2.81 bits per heavy atom. The molecule has 36 heavy (non-hydrogen) atoms. The average Bonchev–Trinajstić information content (AvgIpc) is 3.27. The Bertz CT molecular complexity index is 1260. The van der Waals surface area contributed by atoms with Crippen LogP contribution in [0.2, 0.25) is 0 Å². The van der Waals surface area contributed by atoms with Gasteiger partial charge in [0.05, 0.1) is 6.04 Å². The lowest BCUT2D eigenvalue weighted by atomic mass is 10.0. The van der Waals surface area contributed by atoms with Crippen LogP contribution < -0.4 is 16.4 Å². The maximum atomic E-state index is 12.9. The van der Waals surface area contributed by atoms with Crippen LogP contribution in [0, 0.1) is 0 Å². The summed E-state index contributed by atoms with van der Waals surface area (Å²) >= 11 is 3.50. The van der Waals surface area contributed by atoms with Gasteiger partial charge in [0.15, 0.2) is 10.8 Å². The first-order valence-electron chi connectivity index (χ1n) is 10.2. The number of carboxylic acid groups (broad SMARTS) is 1. The molecule has 3 atom stereocenters. The van der Waals surface area contributed by atoms with Crippen molar-refractivity contribution < 1.29 is 33.9 Å². The van der Waals surface area contributed by atoms with Crippen LogP contribution in [0.1, 0.15) is 12.6 Å². The Morgan fingerprint density at radius 2 is 2.17 bits per heavy atom. The van der Waals surface area contributed by atoms with Gasteiger partial charge in [-0.15, -0.1) is 34.9 Å². The minimum atomic E-state index is -1.29. The third-order valence-electron chi connectivity index (χ3n) is 5.22. The lowest BCUT2D eigenvalue weighted by Crippen LogP contribution is -2.71. The van der Waals surface area contributed by atoms with E-state index < -0.39 is 47.1 Å². The van der Waals surface area contributed by atoms with Crippen molar-refractivity contribution in [3.8, 4) is 0 Å². The molecular weight excluding hydrogens is 534 g/mol. The first kappa shape index (κ1) is 25.6. The fraction of sp³-hybridized carbons (Fsp3) is 0.368. The second-order valence-electron chi connectivity index (χ2n) is 7.55. The Morgan fingerprint density at radius 1 is 1.42 bits per heavy atom. The maximum absolute atomic E-state index is 12.9. The molecule has 0 saturated carbocycles. The van der Waals surface area contributed by atoms with Crippen LogP contribution in [0.3, 0.4) is 0 Å². The number of rotatable bonds is 7. The number of nitrogen functional groups attached to an aromatic ring is 1. The van der Waals surface area contributed by atoms with E-state index in [0.29, 0.717) is 10.6 Å². The summed E-state index contributed by atoms with van der Waals surface area (Å²) in [7, 11) is 1.25. The molecule has 4 rings (SSSR count). The zero-order valence-electron chi connectivity index (χ0n) is 18.7. The number of nitrogens with one attached hydrogen (secondary N) is 2. The van der Waals surface area contributed by atoms with E-state index in [1.807, 2.05) is 0 Å². The van der Waals surface area contributed by atoms with Crippen molar-refractivity contribution in [2.75, 3.05) is 24.3 Å². The highest BCUT2D eigenvalue weighted by molar-refractivity contribution is 8.14. The summed E-state index contributed by atoms with van der Waals surface area (Å²) in [6, 6.07) is -1.49. The molecule has 0 radical (unpaired) electrons. The molecule has 3 aliphatic rings.